The molecule has 0 saturated heterocycles. The van der Waals surface area contributed by atoms with Crippen LogP contribution in [0.5, 0.6) is 5.75 Å². The summed E-state index contributed by atoms with van der Waals surface area (Å²) in [6.45, 7) is 2.86. The van der Waals surface area contributed by atoms with Crippen molar-refractivity contribution in [1.82, 2.24) is 0 Å². The van der Waals surface area contributed by atoms with Crippen LogP contribution in [0.4, 0.5) is 0 Å². The summed E-state index contributed by atoms with van der Waals surface area (Å²) >= 11 is 0. The van der Waals surface area contributed by atoms with Gasteiger partial charge in [0.2, 0.25) is 0 Å². The predicted octanol–water partition coefficient (Wildman–Crippen LogP) is 1.89. The monoisotopic (exact) mass is 380 g/mol. The quantitative estimate of drug-likeness (QED) is 0.298. The molecule has 0 bridgehead atoms. The number of benzene rings is 1. The molecule has 0 saturated carbocycles. The minimum absolute atomic E-state index is 0. The SMILES string of the molecule is CCCCCCCCCCCCOc1ccc(S(=O)(=O)[O-])cc1.[K+]. The average Bonchev–Trinajstić information content (AvgIpc) is 2.52. The van der Waals surface area contributed by atoms with Crippen molar-refractivity contribution >= 4 is 10.1 Å². The molecule has 1 rings (SSSR count). The molecule has 0 aliphatic rings. The molecule has 0 N–H and O–H groups in total. The van der Waals surface area contributed by atoms with Crippen LogP contribution in [-0.2, 0) is 10.1 Å². The second-order valence-electron chi connectivity index (χ2n) is 5.96. The number of hydrogen-bond donors (Lipinski definition) is 0. The van der Waals surface area contributed by atoms with Crippen LogP contribution in [0.25, 0.3) is 0 Å². The molecule has 0 aromatic heterocycles. The molecule has 1 aromatic rings. The Morgan fingerprint density at radius 1 is 0.833 bits per heavy atom. The molecule has 0 fully saturated rings. The van der Waals surface area contributed by atoms with Gasteiger partial charge in [-0.05, 0) is 30.7 Å². The summed E-state index contributed by atoms with van der Waals surface area (Å²) in [7, 11) is -4.37. The van der Waals surface area contributed by atoms with Crippen molar-refractivity contribution in [2.45, 2.75) is 76.0 Å². The first-order chi connectivity index (χ1) is 11.0. The van der Waals surface area contributed by atoms with E-state index in [4.69, 9.17) is 4.74 Å². The summed E-state index contributed by atoms with van der Waals surface area (Å²) in [5, 5.41) is 0. The molecule has 24 heavy (non-hydrogen) atoms. The first kappa shape index (κ1) is 24.6. The molecule has 0 heterocycles. The zero-order chi connectivity index (χ0) is 17.0. The molecule has 0 aliphatic carbocycles. The first-order valence-electron chi connectivity index (χ1n) is 8.73. The molecule has 132 valence electrons. The molecule has 6 heteroatoms. The second-order valence-corrected chi connectivity index (χ2v) is 7.34. The van der Waals surface area contributed by atoms with Gasteiger partial charge in [-0.3, -0.25) is 0 Å². The fourth-order valence-electron chi connectivity index (χ4n) is 2.48. The van der Waals surface area contributed by atoms with Gasteiger partial charge in [-0.15, -0.1) is 0 Å². The molecule has 0 atom stereocenters. The molecule has 0 unspecified atom stereocenters. The Labute approximate surface area is 189 Å². The summed E-state index contributed by atoms with van der Waals surface area (Å²) < 4.78 is 38.0. The zero-order valence-corrected chi connectivity index (χ0v) is 19.1. The number of hydrogen-bond acceptors (Lipinski definition) is 4. The maximum absolute atomic E-state index is 10.8. The van der Waals surface area contributed by atoms with Crippen molar-refractivity contribution in [3.05, 3.63) is 24.3 Å². The van der Waals surface area contributed by atoms with Crippen LogP contribution < -0.4 is 56.1 Å². The molecular weight excluding hydrogens is 351 g/mol. The molecule has 0 amide bonds. The first-order valence-corrected chi connectivity index (χ1v) is 10.1. The molecule has 4 nitrogen and oxygen atoms in total. The van der Waals surface area contributed by atoms with Gasteiger partial charge in [-0.1, -0.05) is 64.7 Å². The van der Waals surface area contributed by atoms with Gasteiger partial charge in [0.05, 0.1) is 11.5 Å². The van der Waals surface area contributed by atoms with Gasteiger partial charge in [-0.25, -0.2) is 8.42 Å². The Morgan fingerprint density at radius 3 is 1.75 bits per heavy atom. The molecule has 1 aromatic carbocycles. The summed E-state index contributed by atoms with van der Waals surface area (Å²) in [6, 6.07) is 5.63. The normalized spacial score (nSPS) is 11.1. The van der Waals surface area contributed by atoms with Crippen LogP contribution in [0.2, 0.25) is 0 Å². The molecule has 0 aliphatic heterocycles. The van der Waals surface area contributed by atoms with Crippen LogP contribution in [0, 0.1) is 0 Å². The maximum Gasteiger partial charge on any atom is 1.00 e. The van der Waals surface area contributed by atoms with Crippen LogP contribution >= 0.6 is 0 Å². The maximum atomic E-state index is 10.8. The Bertz CT molecular complexity index is 514. The van der Waals surface area contributed by atoms with Crippen LogP contribution in [0.3, 0.4) is 0 Å². The number of unbranched alkanes of at least 4 members (excludes halogenated alkanes) is 9. The minimum Gasteiger partial charge on any atom is -0.744 e. The molecule has 0 spiro atoms. The van der Waals surface area contributed by atoms with Crippen molar-refractivity contribution in [2.24, 2.45) is 0 Å². The van der Waals surface area contributed by atoms with Gasteiger partial charge in [0.15, 0.2) is 0 Å². The Kier molecular flexibility index (Phi) is 15.1. The van der Waals surface area contributed by atoms with Crippen LogP contribution in [0.15, 0.2) is 29.2 Å². The van der Waals surface area contributed by atoms with Crippen molar-refractivity contribution in [1.29, 1.82) is 0 Å². The zero-order valence-electron chi connectivity index (χ0n) is 15.1. The third-order valence-electron chi connectivity index (χ3n) is 3.88. The number of rotatable bonds is 13. The van der Waals surface area contributed by atoms with Gasteiger partial charge >= 0.3 is 51.4 Å². The fraction of sp³-hybridized carbons (Fsp3) is 0.667. The van der Waals surface area contributed by atoms with Crippen molar-refractivity contribution < 1.29 is 69.1 Å². The Morgan fingerprint density at radius 2 is 1.29 bits per heavy atom. The van der Waals surface area contributed by atoms with Gasteiger partial charge in [0.1, 0.15) is 15.9 Å². The van der Waals surface area contributed by atoms with Gasteiger partial charge in [0.25, 0.3) is 0 Å². The second kappa shape index (κ2) is 14.7. The van der Waals surface area contributed by atoms with E-state index in [-0.39, 0.29) is 56.3 Å². The van der Waals surface area contributed by atoms with E-state index >= 15 is 0 Å². The summed E-state index contributed by atoms with van der Waals surface area (Å²) in [5.74, 6) is 0.605. The topological polar surface area (TPSA) is 66.4 Å². The van der Waals surface area contributed by atoms with Crippen molar-refractivity contribution in [2.75, 3.05) is 6.61 Å². The summed E-state index contributed by atoms with van der Waals surface area (Å²) in [6.07, 6.45) is 12.8. The van der Waals surface area contributed by atoms with E-state index in [9.17, 15) is 13.0 Å². The largest absolute Gasteiger partial charge is 1.00 e. The third-order valence-corrected chi connectivity index (χ3v) is 4.73. The van der Waals surface area contributed by atoms with E-state index in [2.05, 4.69) is 6.92 Å². The van der Waals surface area contributed by atoms with Crippen LogP contribution in [0.1, 0.15) is 71.1 Å². The molecular formula is C18H29KO4S. The van der Waals surface area contributed by atoms with E-state index in [1.807, 2.05) is 0 Å². The standard InChI is InChI=1S/C18H30O4S.K/c1-2-3-4-5-6-7-8-9-10-11-16-22-17-12-14-18(15-13-17)23(19,20)21;/h12-15H,2-11,16H2,1H3,(H,19,20,21);/q;+1/p-1. The van der Waals surface area contributed by atoms with Gasteiger partial charge < -0.3 is 9.29 Å². The summed E-state index contributed by atoms with van der Waals surface area (Å²) in [5.41, 5.74) is 0. The predicted molar refractivity (Wildman–Crippen MR) is 91.7 cm³/mol. The van der Waals surface area contributed by atoms with Crippen molar-refractivity contribution in [3.8, 4) is 5.75 Å². The van der Waals surface area contributed by atoms with E-state index in [1.165, 1.54) is 75.6 Å². The van der Waals surface area contributed by atoms with E-state index in [0.29, 0.717) is 12.4 Å². The Hall–Kier alpha value is 0.566. The van der Waals surface area contributed by atoms with Crippen LogP contribution in [-0.4, -0.2) is 19.6 Å². The number of ether oxygens (including phenoxy) is 1. The van der Waals surface area contributed by atoms with Gasteiger partial charge in [-0.2, -0.15) is 0 Å². The Balaban J connectivity index is 0.00000529. The third kappa shape index (κ3) is 12.0. The van der Waals surface area contributed by atoms with Gasteiger partial charge in [0, 0.05) is 0 Å². The molecule has 0 radical (unpaired) electrons. The smallest absolute Gasteiger partial charge is 0.744 e. The van der Waals surface area contributed by atoms with E-state index < -0.39 is 10.1 Å². The van der Waals surface area contributed by atoms with E-state index in [0.717, 1.165) is 12.8 Å². The van der Waals surface area contributed by atoms with E-state index in [1.54, 1.807) is 0 Å². The fourth-order valence-corrected chi connectivity index (χ4v) is 2.95. The minimum atomic E-state index is -4.37. The summed E-state index contributed by atoms with van der Waals surface area (Å²) in [4.78, 5) is -0.219. The average molecular weight is 381 g/mol. The van der Waals surface area contributed by atoms with Crippen molar-refractivity contribution in [3.63, 3.8) is 0 Å².